The molecule has 2 N–H and O–H groups in total. The number of carbonyl (C=O) groups excluding carboxylic acids is 1. The lowest BCUT2D eigenvalue weighted by Gasteiger charge is -2.32. The van der Waals surface area contributed by atoms with Crippen LogP contribution in [-0.4, -0.2) is 53.0 Å². The number of nitrogens with zero attached hydrogens (tertiary/aromatic N) is 2. The van der Waals surface area contributed by atoms with Crippen LogP contribution >= 0.6 is 0 Å². The predicted octanol–water partition coefficient (Wildman–Crippen LogP) is 1.30. The number of carboxylic acids is 1. The Labute approximate surface area is 124 Å². The summed E-state index contributed by atoms with van der Waals surface area (Å²) in [6, 6.07) is 3.24. The highest BCUT2D eigenvalue weighted by Gasteiger charge is 2.20. The van der Waals surface area contributed by atoms with Gasteiger partial charge in [-0.15, -0.1) is 0 Å². The molecule has 6 nitrogen and oxygen atoms in total. The van der Waals surface area contributed by atoms with Crippen molar-refractivity contribution in [2.45, 2.75) is 32.2 Å². The lowest BCUT2D eigenvalue weighted by atomic mass is 10.0. The second-order valence-corrected chi connectivity index (χ2v) is 5.47. The van der Waals surface area contributed by atoms with E-state index in [1.54, 1.807) is 6.92 Å². The average molecular weight is 291 g/mol. The van der Waals surface area contributed by atoms with Crippen LogP contribution in [0.25, 0.3) is 0 Å². The van der Waals surface area contributed by atoms with Gasteiger partial charge < -0.3 is 15.3 Å². The number of pyridine rings is 1. The SMILES string of the molecule is Cc1nc(C(=O)NCC2CCCCN2C)ccc1C(=O)O. The minimum absolute atomic E-state index is 0.124. The van der Waals surface area contributed by atoms with Crippen molar-refractivity contribution in [3.63, 3.8) is 0 Å². The summed E-state index contributed by atoms with van der Waals surface area (Å²) in [4.78, 5) is 29.3. The molecule has 1 aromatic rings. The molecule has 1 aliphatic heterocycles. The van der Waals surface area contributed by atoms with Gasteiger partial charge in [-0.05, 0) is 45.5 Å². The number of carboxylic acid groups (broad SMARTS) is 1. The number of piperidine rings is 1. The molecular formula is C15H21N3O3. The van der Waals surface area contributed by atoms with E-state index in [2.05, 4.69) is 22.2 Å². The first kappa shape index (κ1) is 15.4. The van der Waals surface area contributed by atoms with E-state index < -0.39 is 5.97 Å². The van der Waals surface area contributed by atoms with Gasteiger partial charge in [0, 0.05) is 12.6 Å². The number of likely N-dealkylation sites (tertiary alicyclic amines) is 1. The van der Waals surface area contributed by atoms with Crippen LogP contribution in [0.15, 0.2) is 12.1 Å². The third kappa shape index (κ3) is 3.78. The first-order chi connectivity index (χ1) is 9.99. The summed E-state index contributed by atoms with van der Waals surface area (Å²) in [5, 5.41) is 11.8. The molecule has 6 heteroatoms. The van der Waals surface area contributed by atoms with Gasteiger partial charge in [0.1, 0.15) is 5.69 Å². The summed E-state index contributed by atoms with van der Waals surface area (Å²) >= 11 is 0. The summed E-state index contributed by atoms with van der Waals surface area (Å²) in [7, 11) is 2.07. The van der Waals surface area contributed by atoms with Gasteiger partial charge in [0.2, 0.25) is 0 Å². The smallest absolute Gasteiger partial charge is 0.337 e. The van der Waals surface area contributed by atoms with Gasteiger partial charge in [-0.2, -0.15) is 0 Å². The zero-order valence-corrected chi connectivity index (χ0v) is 12.4. The number of hydrogen-bond donors (Lipinski definition) is 2. The van der Waals surface area contributed by atoms with Crippen molar-refractivity contribution in [3.05, 3.63) is 29.1 Å². The monoisotopic (exact) mass is 291 g/mol. The fourth-order valence-electron chi connectivity index (χ4n) is 2.62. The van der Waals surface area contributed by atoms with Crippen LogP contribution in [0, 0.1) is 6.92 Å². The number of likely N-dealkylation sites (N-methyl/N-ethyl adjacent to an activating group) is 1. The summed E-state index contributed by atoms with van der Waals surface area (Å²) in [6.45, 7) is 3.25. The maximum Gasteiger partial charge on any atom is 0.337 e. The quantitative estimate of drug-likeness (QED) is 0.874. The van der Waals surface area contributed by atoms with Crippen LogP contribution in [0.3, 0.4) is 0 Å². The molecule has 1 aromatic heterocycles. The topological polar surface area (TPSA) is 82.5 Å². The summed E-state index contributed by atoms with van der Waals surface area (Å²) in [5.74, 6) is -1.29. The molecule has 1 amide bonds. The lowest BCUT2D eigenvalue weighted by molar-refractivity contribution is 0.0694. The fraction of sp³-hybridized carbons (Fsp3) is 0.533. The van der Waals surface area contributed by atoms with Gasteiger partial charge in [-0.1, -0.05) is 6.42 Å². The van der Waals surface area contributed by atoms with Gasteiger partial charge in [-0.3, -0.25) is 4.79 Å². The van der Waals surface area contributed by atoms with Crippen molar-refractivity contribution in [2.24, 2.45) is 0 Å². The molecule has 1 aliphatic rings. The molecule has 2 rings (SSSR count). The normalized spacial score (nSPS) is 19.2. The minimum Gasteiger partial charge on any atom is -0.478 e. The highest BCUT2D eigenvalue weighted by atomic mass is 16.4. The van der Waals surface area contributed by atoms with Crippen LogP contribution in [0.1, 0.15) is 45.8 Å². The highest BCUT2D eigenvalue weighted by Crippen LogP contribution is 2.14. The van der Waals surface area contributed by atoms with E-state index in [4.69, 9.17) is 5.11 Å². The number of aromatic nitrogens is 1. The molecule has 1 fully saturated rings. The fourth-order valence-corrected chi connectivity index (χ4v) is 2.62. The first-order valence-corrected chi connectivity index (χ1v) is 7.18. The Bertz CT molecular complexity index is 545. The van der Waals surface area contributed by atoms with E-state index in [0.29, 0.717) is 18.3 Å². The Balaban J connectivity index is 1.97. The third-order valence-electron chi connectivity index (χ3n) is 3.97. The number of aromatic carboxylic acids is 1. The minimum atomic E-state index is -1.03. The maximum atomic E-state index is 12.1. The zero-order valence-electron chi connectivity index (χ0n) is 12.4. The van der Waals surface area contributed by atoms with E-state index in [9.17, 15) is 9.59 Å². The lowest BCUT2D eigenvalue weighted by Crippen LogP contribution is -2.44. The van der Waals surface area contributed by atoms with Gasteiger partial charge in [-0.25, -0.2) is 9.78 Å². The molecule has 1 saturated heterocycles. The Hall–Kier alpha value is -1.95. The number of hydrogen-bond acceptors (Lipinski definition) is 4. The molecule has 2 heterocycles. The molecule has 21 heavy (non-hydrogen) atoms. The number of amides is 1. The highest BCUT2D eigenvalue weighted by molar-refractivity contribution is 5.94. The van der Waals surface area contributed by atoms with Gasteiger partial charge >= 0.3 is 5.97 Å². The van der Waals surface area contributed by atoms with Crippen molar-refractivity contribution in [3.8, 4) is 0 Å². The Morgan fingerprint density at radius 3 is 2.81 bits per heavy atom. The second-order valence-electron chi connectivity index (χ2n) is 5.47. The van der Waals surface area contributed by atoms with Gasteiger partial charge in [0.15, 0.2) is 0 Å². The maximum absolute atomic E-state index is 12.1. The van der Waals surface area contributed by atoms with E-state index in [0.717, 1.165) is 13.0 Å². The molecule has 114 valence electrons. The van der Waals surface area contributed by atoms with Gasteiger partial charge in [0.25, 0.3) is 5.91 Å². The van der Waals surface area contributed by atoms with E-state index >= 15 is 0 Å². The van der Waals surface area contributed by atoms with Crippen LogP contribution in [0.2, 0.25) is 0 Å². The molecule has 1 unspecified atom stereocenters. The molecule has 0 spiro atoms. The third-order valence-corrected chi connectivity index (χ3v) is 3.97. The van der Waals surface area contributed by atoms with Crippen LogP contribution in [0.5, 0.6) is 0 Å². The molecule has 0 saturated carbocycles. The number of rotatable bonds is 4. The van der Waals surface area contributed by atoms with Crippen molar-refractivity contribution < 1.29 is 14.7 Å². The molecule has 0 radical (unpaired) electrons. The van der Waals surface area contributed by atoms with Gasteiger partial charge in [0.05, 0.1) is 11.3 Å². The summed E-state index contributed by atoms with van der Waals surface area (Å²) in [5.41, 5.74) is 0.736. The standard InChI is InChI=1S/C15H21N3O3/c1-10-12(15(20)21)6-7-13(17-10)14(19)16-9-11-5-3-4-8-18(11)2/h6-7,11H,3-5,8-9H2,1-2H3,(H,16,19)(H,20,21). The Kier molecular flexibility index (Phi) is 4.90. The zero-order chi connectivity index (χ0) is 15.4. The van der Waals surface area contributed by atoms with E-state index in [1.807, 2.05) is 0 Å². The summed E-state index contributed by atoms with van der Waals surface area (Å²) < 4.78 is 0. The van der Waals surface area contributed by atoms with E-state index in [1.165, 1.54) is 25.0 Å². The predicted molar refractivity (Wildman–Crippen MR) is 78.5 cm³/mol. The van der Waals surface area contributed by atoms with Crippen molar-refractivity contribution >= 4 is 11.9 Å². The van der Waals surface area contributed by atoms with Crippen molar-refractivity contribution in [1.82, 2.24) is 15.2 Å². The van der Waals surface area contributed by atoms with Crippen molar-refractivity contribution in [2.75, 3.05) is 20.1 Å². The van der Waals surface area contributed by atoms with E-state index in [-0.39, 0.29) is 17.2 Å². The van der Waals surface area contributed by atoms with Crippen LogP contribution in [-0.2, 0) is 0 Å². The number of nitrogens with one attached hydrogen (secondary N) is 1. The molecular weight excluding hydrogens is 270 g/mol. The Morgan fingerprint density at radius 2 is 2.19 bits per heavy atom. The molecule has 0 bridgehead atoms. The molecule has 0 aliphatic carbocycles. The van der Waals surface area contributed by atoms with Crippen LogP contribution < -0.4 is 5.32 Å². The molecule has 1 atom stereocenters. The van der Waals surface area contributed by atoms with Crippen molar-refractivity contribution in [1.29, 1.82) is 0 Å². The average Bonchev–Trinajstić information content (AvgIpc) is 2.45. The number of carbonyl (C=O) groups is 2. The Morgan fingerprint density at radius 1 is 1.43 bits per heavy atom. The first-order valence-electron chi connectivity index (χ1n) is 7.18. The van der Waals surface area contributed by atoms with Crippen LogP contribution in [0.4, 0.5) is 0 Å². The summed E-state index contributed by atoms with van der Waals surface area (Å²) in [6.07, 6.45) is 3.48. The number of aryl methyl sites for hydroxylation is 1. The second kappa shape index (κ2) is 6.67. The molecule has 0 aromatic carbocycles. The largest absolute Gasteiger partial charge is 0.478 e.